The third kappa shape index (κ3) is 7.86. The van der Waals surface area contributed by atoms with Crippen LogP contribution < -0.4 is 11.1 Å². The zero-order chi connectivity index (χ0) is 19.2. The van der Waals surface area contributed by atoms with Gasteiger partial charge in [-0.3, -0.25) is 9.59 Å². The minimum absolute atomic E-state index is 0. The maximum absolute atomic E-state index is 12.2. The molecule has 0 radical (unpaired) electrons. The molecule has 1 fully saturated rings. The molecule has 0 bridgehead atoms. The Morgan fingerprint density at radius 1 is 1.19 bits per heavy atom. The molecule has 0 heterocycles. The van der Waals surface area contributed by atoms with E-state index in [1.165, 1.54) is 0 Å². The second-order valence-corrected chi connectivity index (χ2v) is 8.83. The molecule has 2 unspecified atom stereocenters. The van der Waals surface area contributed by atoms with Gasteiger partial charge >= 0.3 is 5.97 Å². The van der Waals surface area contributed by atoms with E-state index in [0.29, 0.717) is 12.1 Å². The molecule has 0 saturated heterocycles. The number of hydrogen-bond acceptors (Lipinski definition) is 6. The summed E-state index contributed by atoms with van der Waals surface area (Å²) in [4.78, 5) is 23.3. The Bertz CT molecular complexity index is 737. The lowest BCUT2D eigenvalue weighted by Gasteiger charge is -2.25. The van der Waals surface area contributed by atoms with Crippen LogP contribution in [0.1, 0.15) is 36.8 Å². The first-order valence-electron chi connectivity index (χ1n) is 8.67. The number of carbonyl (C=O) groups excluding carboxylic acids is 2. The van der Waals surface area contributed by atoms with Gasteiger partial charge in [0.15, 0.2) is 9.84 Å². The molecule has 2 atom stereocenters. The zero-order valence-corrected chi connectivity index (χ0v) is 17.0. The normalized spacial score (nSPS) is 19.6. The van der Waals surface area contributed by atoms with E-state index in [1.54, 1.807) is 24.3 Å². The highest BCUT2D eigenvalue weighted by molar-refractivity contribution is 7.91. The first-order chi connectivity index (χ1) is 12.3. The van der Waals surface area contributed by atoms with Gasteiger partial charge in [-0.05, 0) is 30.4 Å². The van der Waals surface area contributed by atoms with Crippen molar-refractivity contribution in [2.45, 2.75) is 44.0 Å². The van der Waals surface area contributed by atoms with E-state index < -0.39 is 21.6 Å². The highest BCUT2D eigenvalue weighted by Crippen LogP contribution is 2.23. The molecule has 0 aromatic heterocycles. The van der Waals surface area contributed by atoms with E-state index in [0.717, 1.165) is 38.4 Å². The van der Waals surface area contributed by atoms with E-state index in [4.69, 9.17) is 5.73 Å². The number of benzene rings is 1. The van der Waals surface area contributed by atoms with Crippen LogP contribution in [0.2, 0.25) is 0 Å². The average Bonchev–Trinajstić information content (AvgIpc) is 2.60. The standard InChI is InChI=1S/C18H26N2O5S.ClH/c1-25-17(21)12-26(23,24)11-14-7-5-13(6-8-14)10-20-18(22)15-3-2-4-16(19)9-15;/h5-8,15-16H,2-4,9-12,19H2,1H3,(H,20,22);1H. The average molecular weight is 419 g/mol. The number of methoxy groups -OCH3 is 1. The number of nitrogens with one attached hydrogen (secondary N) is 1. The molecule has 1 aromatic rings. The Labute approximate surface area is 166 Å². The number of ether oxygens (including phenoxy) is 1. The molecule has 2 rings (SSSR count). The zero-order valence-electron chi connectivity index (χ0n) is 15.3. The Hall–Kier alpha value is -1.64. The van der Waals surface area contributed by atoms with Crippen molar-refractivity contribution in [2.24, 2.45) is 11.7 Å². The molecule has 152 valence electrons. The highest BCUT2D eigenvalue weighted by atomic mass is 35.5. The number of rotatable bonds is 7. The summed E-state index contributed by atoms with van der Waals surface area (Å²) < 4.78 is 28.2. The fraction of sp³-hybridized carbons (Fsp3) is 0.556. The van der Waals surface area contributed by atoms with Gasteiger partial charge in [-0.2, -0.15) is 0 Å². The van der Waals surface area contributed by atoms with Crippen LogP contribution in [-0.2, 0) is 36.5 Å². The lowest BCUT2D eigenvalue weighted by atomic mass is 9.85. The smallest absolute Gasteiger partial charge is 0.320 e. The van der Waals surface area contributed by atoms with Gasteiger partial charge in [0, 0.05) is 18.5 Å². The Balaban J connectivity index is 0.00000364. The molecule has 1 amide bonds. The quantitative estimate of drug-likeness (QED) is 0.645. The van der Waals surface area contributed by atoms with Crippen LogP contribution in [0.3, 0.4) is 0 Å². The first-order valence-corrected chi connectivity index (χ1v) is 10.5. The largest absolute Gasteiger partial charge is 0.468 e. The second-order valence-electron chi connectivity index (χ2n) is 6.77. The van der Waals surface area contributed by atoms with Crippen molar-refractivity contribution in [3.05, 3.63) is 35.4 Å². The van der Waals surface area contributed by atoms with Gasteiger partial charge in [-0.15, -0.1) is 12.4 Å². The van der Waals surface area contributed by atoms with Crippen molar-refractivity contribution in [2.75, 3.05) is 12.9 Å². The van der Waals surface area contributed by atoms with Crippen molar-refractivity contribution in [1.29, 1.82) is 0 Å². The summed E-state index contributed by atoms with van der Waals surface area (Å²) in [5.41, 5.74) is 7.39. The van der Waals surface area contributed by atoms with Crippen LogP contribution >= 0.6 is 12.4 Å². The van der Waals surface area contributed by atoms with Gasteiger partial charge in [0.25, 0.3) is 0 Å². The van der Waals surface area contributed by atoms with Gasteiger partial charge in [0.2, 0.25) is 5.91 Å². The van der Waals surface area contributed by atoms with Crippen LogP contribution in [0.4, 0.5) is 0 Å². The molecular formula is C18H27ClN2O5S. The Kier molecular flexibility index (Phi) is 9.21. The van der Waals surface area contributed by atoms with Crippen LogP contribution in [0, 0.1) is 5.92 Å². The number of carbonyl (C=O) groups is 2. The monoisotopic (exact) mass is 418 g/mol. The van der Waals surface area contributed by atoms with Gasteiger partial charge < -0.3 is 15.8 Å². The van der Waals surface area contributed by atoms with E-state index in [1.807, 2.05) is 0 Å². The van der Waals surface area contributed by atoms with Crippen molar-refractivity contribution < 1.29 is 22.7 Å². The molecule has 1 saturated carbocycles. The lowest BCUT2D eigenvalue weighted by molar-refractivity contribution is -0.137. The van der Waals surface area contributed by atoms with Crippen molar-refractivity contribution >= 4 is 34.1 Å². The van der Waals surface area contributed by atoms with Crippen LogP contribution in [0.15, 0.2) is 24.3 Å². The molecule has 0 spiro atoms. The summed E-state index contributed by atoms with van der Waals surface area (Å²) in [5, 5.41) is 2.92. The van der Waals surface area contributed by atoms with Crippen LogP contribution in [0.25, 0.3) is 0 Å². The predicted molar refractivity (Wildman–Crippen MR) is 105 cm³/mol. The van der Waals surface area contributed by atoms with E-state index >= 15 is 0 Å². The summed E-state index contributed by atoms with van der Waals surface area (Å²) >= 11 is 0. The molecule has 9 heteroatoms. The molecule has 7 nitrogen and oxygen atoms in total. The van der Waals surface area contributed by atoms with Crippen molar-refractivity contribution in [3.8, 4) is 0 Å². The number of halogens is 1. The minimum atomic E-state index is -3.56. The summed E-state index contributed by atoms with van der Waals surface area (Å²) in [6.45, 7) is 0.389. The lowest BCUT2D eigenvalue weighted by Crippen LogP contribution is -2.37. The van der Waals surface area contributed by atoms with E-state index in [2.05, 4.69) is 10.1 Å². The van der Waals surface area contributed by atoms with E-state index in [9.17, 15) is 18.0 Å². The SMILES string of the molecule is COC(=O)CS(=O)(=O)Cc1ccc(CNC(=O)C2CCCC(N)C2)cc1.Cl. The topological polar surface area (TPSA) is 116 Å². The second kappa shape index (κ2) is 10.6. The fourth-order valence-corrected chi connectivity index (χ4v) is 4.38. The van der Waals surface area contributed by atoms with Crippen LogP contribution in [-0.4, -0.2) is 39.2 Å². The van der Waals surface area contributed by atoms with E-state index in [-0.39, 0.29) is 36.0 Å². The number of sulfone groups is 1. The van der Waals surface area contributed by atoms with Crippen molar-refractivity contribution in [3.63, 3.8) is 0 Å². The van der Waals surface area contributed by atoms with Gasteiger partial charge in [-0.1, -0.05) is 30.7 Å². The fourth-order valence-electron chi connectivity index (χ4n) is 3.10. The van der Waals surface area contributed by atoms with Gasteiger partial charge in [0.05, 0.1) is 12.9 Å². The Morgan fingerprint density at radius 3 is 2.41 bits per heavy atom. The molecular weight excluding hydrogens is 392 g/mol. The van der Waals surface area contributed by atoms with Crippen molar-refractivity contribution in [1.82, 2.24) is 5.32 Å². The summed E-state index contributed by atoms with van der Waals surface area (Å²) in [5.74, 6) is -1.64. The minimum Gasteiger partial charge on any atom is -0.468 e. The highest BCUT2D eigenvalue weighted by Gasteiger charge is 2.25. The molecule has 1 aliphatic rings. The molecule has 1 aliphatic carbocycles. The molecule has 0 aliphatic heterocycles. The Morgan fingerprint density at radius 2 is 1.81 bits per heavy atom. The predicted octanol–water partition coefficient (Wildman–Crippen LogP) is 1.33. The van der Waals surface area contributed by atoms with Gasteiger partial charge in [0.1, 0.15) is 5.75 Å². The first kappa shape index (κ1) is 23.4. The van der Waals surface area contributed by atoms with Crippen LogP contribution in [0.5, 0.6) is 0 Å². The summed E-state index contributed by atoms with van der Waals surface area (Å²) in [6.07, 6.45) is 3.55. The third-order valence-corrected chi connectivity index (χ3v) is 5.98. The maximum Gasteiger partial charge on any atom is 0.320 e. The third-order valence-electron chi connectivity index (χ3n) is 4.53. The molecule has 3 N–H and O–H groups in total. The summed E-state index contributed by atoms with van der Waals surface area (Å²) in [7, 11) is -2.41. The number of esters is 1. The number of nitrogens with two attached hydrogens (primary N) is 1. The number of hydrogen-bond donors (Lipinski definition) is 2. The summed E-state index contributed by atoms with van der Waals surface area (Å²) in [6, 6.07) is 7.02. The maximum atomic E-state index is 12.2. The van der Waals surface area contributed by atoms with Gasteiger partial charge in [-0.25, -0.2) is 8.42 Å². The molecule has 27 heavy (non-hydrogen) atoms. The number of amides is 1. The molecule has 1 aromatic carbocycles.